The van der Waals surface area contributed by atoms with Gasteiger partial charge in [-0.3, -0.25) is 4.79 Å². The van der Waals surface area contributed by atoms with E-state index in [-0.39, 0.29) is 17.3 Å². The van der Waals surface area contributed by atoms with Crippen LogP contribution in [0.3, 0.4) is 0 Å². The van der Waals surface area contributed by atoms with Crippen LogP contribution in [-0.2, 0) is 14.8 Å². The van der Waals surface area contributed by atoms with Crippen LogP contribution in [0.4, 0.5) is 0 Å². The average Bonchev–Trinajstić information content (AvgIpc) is 3.12. The maximum absolute atomic E-state index is 12.8. The van der Waals surface area contributed by atoms with E-state index in [0.29, 0.717) is 50.6 Å². The Bertz CT molecular complexity index is 754. The molecule has 1 atom stereocenters. The van der Waals surface area contributed by atoms with E-state index in [9.17, 15) is 18.0 Å². The minimum absolute atomic E-state index is 0.0952. The molecule has 2 aliphatic rings. The Kier molecular flexibility index (Phi) is 5.42. The van der Waals surface area contributed by atoms with Crippen molar-refractivity contribution < 1.29 is 27.9 Å². The molecule has 1 unspecified atom stereocenters. The van der Waals surface area contributed by atoms with Crippen molar-refractivity contribution in [3.8, 4) is 0 Å². The molecule has 2 saturated heterocycles. The SMILES string of the molecule is O=C(O)c1ccc(C(=O)N2CCCC(S(=O)(=O)N3CCOCC3)C2)s1. The number of likely N-dealkylation sites (tertiary alicyclic amines) is 1. The Labute approximate surface area is 150 Å². The van der Waals surface area contributed by atoms with Crippen molar-refractivity contribution in [2.75, 3.05) is 39.4 Å². The lowest BCUT2D eigenvalue weighted by Gasteiger charge is -2.36. The van der Waals surface area contributed by atoms with Crippen LogP contribution in [0.1, 0.15) is 32.2 Å². The second-order valence-electron chi connectivity index (χ2n) is 6.04. The van der Waals surface area contributed by atoms with Crippen LogP contribution in [0.2, 0.25) is 0 Å². The molecule has 3 heterocycles. The highest BCUT2D eigenvalue weighted by Gasteiger charge is 2.37. The quantitative estimate of drug-likeness (QED) is 0.815. The Morgan fingerprint density at radius 2 is 1.84 bits per heavy atom. The number of thiophene rings is 1. The second kappa shape index (κ2) is 7.40. The molecule has 8 nitrogen and oxygen atoms in total. The van der Waals surface area contributed by atoms with Crippen LogP contribution < -0.4 is 0 Å². The molecule has 0 radical (unpaired) electrons. The van der Waals surface area contributed by atoms with Gasteiger partial charge in [0.05, 0.1) is 23.3 Å². The van der Waals surface area contributed by atoms with Gasteiger partial charge in [-0.2, -0.15) is 4.31 Å². The number of hydrogen-bond donors (Lipinski definition) is 1. The zero-order valence-corrected chi connectivity index (χ0v) is 15.2. The van der Waals surface area contributed by atoms with E-state index in [1.807, 2.05) is 0 Å². The van der Waals surface area contributed by atoms with Crippen molar-refractivity contribution in [1.29, 1.82) is 0 Å². The third kappa shape index (κ3) is 3.86. The van der Waals surface area contributed by atoms with Crippen LogP contribution >= 0.6 is 11.3 Å². The van der Waals surface area contributed by atoms with Gasteiger partial charge < -0.3 is 14.7 Å². The Morgan fingerprint density at radius 1 is 1.16 bits per heavy atom. The smallest absolute Gasteiger partial charge is 0.345 e. The van der Waals surface area contributed by atoms with Gasteiger partial charge in [0, 0.05) is 26.2 Å². The fraction of sp³-hybridized carbons (Fsp3) is 0.600. The lowest BCUT2D eigenvalue weighted by Crippen LogP contribution is -2.51. The molecule has 1 aromatic rings. The van der Waals surface area contributed by atoms with Crippen LogP contribution in [-0.4, -0.2) is 79.2 Å². The number of hydrogen-bond acceptors (Lipinski definition) is 6. The third-order valence-electron chi connectivity index (χ3n) is 4.44. The highest BCUT2D eigenvalue weighted by molar-refractivity contribution is 7.89. The number of piperidine rings is 1. The molecular formula is C15H20N2O6S2. The number of carbonyl (C=O) groups excluding carboxylic acids is 1. The molecule has 0 spiro atoms. The van der Waals surface area contributed by atoms with Crippen molar-refractivity contribution in [3.05, 3.63) is 21.9 Å². The molecule has 0 aliphatic carbocycles. The fourth-order valence-electron chi connectivity index (χ4n) is 3.10. The summed E-state index contributed by atoms with van der Waals surface area (Å²) in [5, 5.41) is 8.35. The van der Waals surface area contributed by atoms with Gasteiger partial charge in [-0.15, -0.1) is 11.3 Å². The lowest BCUT2D eigenvalue weighted by atomic mass is 10.1. The summed E-state index contributed by atoms with van der Waals surface area (Å²) >= 11 is 0.912. The van der Waals surface area contributed by atoms with E-state index in [1.54, 1.807) is 0 Å². The standard InChI is InChI=1S/C15H20N2O6S2/c18-14(12-3-4-13(24-12)15(19)20)16-5-1-2-11(10-16)25(21,22)17-6-8-23-9-7-17/h3-4,11H,1-2,5-10H2,(H,19,20). The number of nitrogens with zero attached hydrogens (tertiary/aromatic N) is 2. The summed E-state index contributed by atoms with van der Waals surface area (Å²) < 4.78 is 32.2. The molecule has 2 fully saturated rings. The molecule has 1 aromatic heterocycles. The summed E-state index contributed by atoms with van der Waals surface area (Å²) in [6.07, 6.45) is 1.13. The van der Waals surface area contributed by atoms with E-state index < -0.39 is 21.2 Å². The summed E-state index contributed by atoms with van der Waals surface area (Å²) in [5.74, 6) is -1.38. The number of carboxylic acids is 1. The van der Waals surface area contributed by atoms with E-state index >= 15 is 0 Å². The summed E-state index contributed by atoms with van der Waals surface area (Å²) in [6.45, 7) is 2.09. The first-order valence-electron chi connectivity index (χ1n) is 8.08. The molecule has 1 N–H and O–H groups in total. The van der Waals surface area contributed by atoms with Gasteiger partial charge in [0.25, 0.3) is 5.91 Å². The maximum Gasteiger partial charge on any atom is 0.345 e. The molecule has 138 valence electrons. The number of aromatic carboxylic acids is 1. The van der Waals surface area contributed by atoms with E-state index in [2.05, 4.69) is 0 Å². The average molecular weight is 388 g/mol. The minimum atomic E-state index is -3.47. The van der Waals surface area contributed by atoms with Crippen molar-refractivity contribution in [2.24, 2.45) is 0 Å². The van der Waals surface area contributed by atoms with Gasteiger partial charge in [0.15, 0.2) is 0 Å². The lowest BCUT2D eigenvalue weighted by molar-refractivity contribution is 0.0687. The molecule has 0 bridgehead atoms. The number of rotatable bonds is 4. The zero-order chi connectivity index (χ0) is 18.0. The summed E-state index contributed by atoms with van der Waals surface area (Å²) in [7, 11) is -3.47. The van der Waals surface area contributed by atoms with Gasteiger partial charge in [-0.1, -0.05) is 0 Å². The number of ether oxygens (including phenoxy) is 1. The summed E-state index contributed by atoms with van der Waals surface area (Å²) in [6, 6.07) is 2.88. The molecule has 0 aromatic carbocycles. The monoisotopic (exact) mass is 388 g/mol. The third-order valence-corrected chi connectivity index (χ3v) is 7.82. The van der Waals surface area contributed by atoms with Crippen molar-refractivity contribution >= 4 is 33.2 Å². The first-order chi connectivity index (χ1) is 11.9. The first kappa shape index (κ1) is 18.3. The van der Waals surface area contributed by atoms with Crippen LogP contribution in [0.5, 0.6) is 0 Å². The predicted octanol–water partition coefficient (Wildman–Crippen LogP) is 0.713. The predicted molar refractivity (Wildman–Crippen MR) is 91.5 cm³/mol. The van der Waals surface area contributed by atoms with Crippen molar-refractivity contribution in [3.63, 3.8) is 0 Å². The molecule has 25 heavy (non-hydrogen) atoms. The van der Waals surface area contributed by atoms with Crippen molar-refractivity contribution in [1.82, 2.24) is 9.21 Å². The van der Waals surface area contributed by atoms with Gasteiger partial charge in [0.1, 0.15) is 4.88 Å². The van der Waals surface area contributed by atoms with E-state index in [4.69, 9.17) is 9.84 Å². The Morgan fingerprint density at radius 3 is 2.48 bits per heavy atom. The van der Waals surface area contributed by atoms with E-state index in [0.717, 1.165) is 11.3 Å². The second-order valence-corrected chi connectivity index (χ2v) is 9.34. The van der Waals surface area contributed by atoms with Gasteiger partial charge >= 0.3 is 5.97 Å². The number of amides is 1. The zero-order valence-electron chi connectivity index (χ0n) is 13.6. The number of morpholine rings is 1. The molecule has 0 saturated carbocycles. The number of carbonyl (C=O) groups is 2. The topological polar surface area (TPSA) is 104 Å². The van der Waals surface area contributed by atoms with Crippen LogP contribution in [0.25, 0.3) is 0 Å². The van der Waals surface area contributed by atoms with E-state index in [1.165, 1.54) is 21.3 Å². The van der Waals surface area contributed by atoms with Crippen LogP contribution in [0.15, 0.2) is 12.1 Å². The largest absolute Gasteiger partial charge is 0.477 e. The number of sulfonamides is 1. The fourth-order valence-corrected chi connectivity index (χ4v) is 5.83. The Balaban J connectivity index is 1.71. The van der Waals surface area contributed by atoms with Gasteiger partial charge in [-0.05, 0) is 25.0 Å². The molecule has 2 aliphatic heterocycles. The minimum Gasteiger partial charge on any atom is -0.477 e. The molecule has 3 rings (SSSR count). The Hall–Kier alpha value is -1.49. The molecular weight excluding hydrogens is 368 g/mol. The van der Waals surface area contributed by atoms with Gasteiger partial charge in [0.2, 0.25) is 10.0 Å². The normalized spacial score (nSPS) is 22.7. The van der Waals surface area contributed by atoms with Crippen LogP contribution in [0, 0.1) is 0 Å². The summed E-state index contributed by atoms with van der Waals surface area (Å²) in [4.78, 5) is 25.5. The van der Waals surface area contributed by atoms with Gasteiger partial charge in [-0.25, -0.2) is 13.2 Å². The molecule has 1 amide bonds. The highest BCUT2D eigenvalue weighted by atomic mass is 32.2. The first-order valence-corrected chi connectivity index (χ1v) is 10.4. The molecule has 10 heteroatoms. The maximum atomic E-state index is 12.8. The summed E-state index contributed by atoms with van der Waals surface area (Å²) in [5.41, 5.74) is 0. The van der Waals surface area contributed by atoms with Crippen molar-refractivity contribution in [2.45, 2.75) is 18.1 Å². The number of carboxylic acid groups (broad SMARTS) is 1. The highest BCUT2D eigenvalue weighted by Crippen LogP contribution is 2.25.